The van der Waals surface area contributed by atoms with Gasteiger partial charge in [0.15, 0.2) is 5.82 Å². The zero-order valence-electron chi connectivity index (χ0n) is 10.6. The highest BCUT2D eigenvalue weighted by Gasteiger charge is 2.25. The largest absolute Gasteiger partial charge is 0.396 e. The number of nitro benzene ring substituents is 1. The van der Waals surface area contributed by atoms with Crippen LogP contribution in [0.25, 0.3) is 0 Å². The summed E-state index contributed by atoms with van der Waals surface area (Å²) in [7, 11) is 0. The summed E-state index contributed by atoms with van der Waals surface area (Å²) in [6.07, 6.45) is 1.54. The first-order valence-corrected chi connectivity index (χ1v) is 6.11. The molecule has 8 heteroatoms. The maximum atomic E-state index is 13.3. The standard InChI is InChI=1S/C12H14FN3O4/c13-9-5-11(16(18)19)8(4-10(9)14)12(17)15-7-2-1-3-20-6-7/h4-5,7H,1-3,6,14H2,(H,15,17). The highest BCUT2D eigenvalue weighted by molar-refractivity contribution is 5.99. The molecule has 0 aromatic heterocycles. The van der Waals surface area contributed by atoms with Gasteiger partial charge in [0.25, 0.3) is 11.6 Å². The minimum Gasteiger partial charge on any atom is -0.396 e. The van der Waals surface area contributed by atoms with Gasteiger partial charge in [-0.15, -0.1) is 0 Å². The number of carbonyl (C=O) groups excluding carboxylic acids is 1. The molecule has 1 aromatic carbocycles. The predicted molar refractivity (Wildman–Crippen MR) is 68.8 cm³/mol. The number of carbonyl (C=O) groups is 1. The molecular formula is C12H14FN3O4. The molecule has 2 rings (SSSR count). The van der Waals surface area contributed by atoms with E-state index in [1.165, 1.54) is 0 Å². The van der Waals surface area contributed by atoms with Crippen LogP contribution in [0.15, 0.2) is 12.1 Å². The highest BCUT2D eigenvalue weighted by Crippen LogP contribution is 2.24. The van der Waals surface area contributed by atoms with Crippen molar-refractivity contribution in [2.75, 3.05) is 18.9 Å². The second-order valence-corrected chi connectivity index (χ2v) is 4.54. The second kappa shape index (κ2) is 5.83. The Labute approximate surface area is 114 Å². The fourth-order valence-corrected chi connectivity index (χ4v) is 2.03. The van der Waals surface area contributed by atoms with E-state index in [-0.39, 0.29) is 17.3 Å². The smallest absolute Gasteiger partial charge is 0.285 e. The fraction of sp³-hybridized carbons (Fsp3) is 0.417. The number of nitrogens with zero attached hydrogens (tertiary/aromatic N) is 1. The number of halogens is 1. The van der Waals surface area contributed by atoms with Crippen LogP contribution in [0.1, 0.15) is 23.2 Å². The summed E-state index contributed by atoms with van der Waals surface area (Å²) in [6, 6.07) is 1.43. The van der Waals surface area contributed by atoms with E-state index in [1.807, 2.05) is 0 Å². The van der Waals surface area contributed by atoms with Crippen LogP contribution in [0.3, 0.4) is 0 Å². The quantitative estimate of drug-likeness (QED) is 0.492. The number of benzene rings is 1. The molecule has 1 aliphatic rings. The van der Waals surface area contributed by atoms with E-state index in [9.17, 15) is 19.3 Å². The van der Waals surface area contributed by atoms with Crippen molar-refractivity contribution in [3.63, 3.8) is 0 Å². The molecule has 0 radical (unpaired) electrons. The van der Waals surface area contributed by atoms with Gasteiger partial charge in [0.1, 0.15) is 5.56 Å². The van der Waals surface area contributed by atoms with Crippen molar-refractivity contribution in [1.29, 1.82) is 0 Å². The molecule has 20 heavy (non-hydrogen) atoms. The average Bonchev–Trinajstić information content (AvgIpc) is 2.42. The molecule has 0 spiro atoms. The van der Waals surface area contributed by atoms with Crippen molar-refractivity contribution in [3.05, 3.63) is 33.6 Å². The first kappa shape index (κ1) is 14.2. The van der Waals surface area contributed by atoms with E-state index >= 15 is 0 Å². The number of nitrogen functional groups attached to an aromatic ring is 1. The van der Waals surface area contributed by atoms with Gasteiger partial charge in [-0.25, -0.2) is 4.39 Å². The number of rotatable bonds is 3. The van der Waals surface area contributed by atoms with E-state index in [0.29, 0.717) is 19.3 Å². The molecule has 0 bridgehead atoms. The van der Waals surface area contributed by atoms with Crippen molar-refractivity contribution in [3.8, 4) is 0 Å². The van der Waals surface area contributed by atoms with Crippen molar-refractivity contribution in [2.45, 2.75) is 18.9 Å². The third-order valence-electron chi connectivity index (χ3n) is 3.05. The number of hydrogen-bond donors (Lipinski definition) is 2. The Hall–Kier alpha value is -2.22. The maximum absolute atomic E-state index is 13.3. The third kappa shape index (κ3) is 3.02. The molecule has 108 valence electrons. The van der Waals surface area contributed by atoms with Gasteiger partial charge in [-0.1, -0.05) is 0 Å². The molecule has 1 atom stereocenters. The van der Waals surface area contributed by atoms with Crippen LogP contribution in [0, 0.1) is 15.9 Å². The van der Waals surface area contributed by atoms with Gasteiger partial charge in [-0.2, -0.15) is 0 Å². The third-order valence-corrected chi connectivity index (χ3v) is 3.05. The molecule has 1 unspecified atom stereocenters. The van der Waals surface area contributed by atoms with Crippen LogP contribution in [0.4, 0.5) is 15.8 Å². The minimum atomic E-state index is -0.922. The molecule has 1 aromatic rings. The lowest BCUT2D eigenvalue weighted by molar-refractivity contribution is -0.385. The van der Waals surface area contributed by atoms with Crippen molar-refractivity contribution >= 4 is 17.3 Å². The molecule has 1 amide bonds. The number of nitrogens with two attached hydrogens (primary N) is 1. The van der Waals surface area contributed by atoms with Crippen LogP contribution < -0.4 is 11.1 Å². The van der Waals surface area contributed by atoms with Crippen molar-refractivity contribution < 1.29 is 18.8 Å². The average molecular weight is 283 g/mol. The van der Waals surface area contributed by atoms with Crippen molar-refractivity contribution in [2.24, 2.45) is 0 Å². The van der Waals surface area contributed by atoms with Gasteiger partial charge in [-0.05, 0) is 18.9 Å². The van der Waals surface area contributed by atoms with E-state index in [2.05, 4.69) is 5.32 Å². The Morgan fingerprint density at radius 3 is 2.90 bits per heavy atom. The Bertz CT molecular complexity index is 544. The van der Waals surface area contributed by atoms with Crippen LogP contribution in [-0.4, -0.2) is 30.1 Å². The lowest BCUT2D eigenvalue weighted by atomic mass is 10.1. The topological polar surface area (TPSA) is 107 Å². The van der Waals surface area contributed by atoms with Crippen LogP contribution in [-0.2, 0) is 4.74 Å². The molecule has 1 saturated heterocycles. The Kier molecular flexibility index (Phi) is 4.14. The molecule has 0 aliphatic carbocycles. The van der Waals surface area contributed by atoms with Crippen LogP contribution in [0.5, 0.6) is 0 Å². The first-order chi connectivity index (χ1) is 9.49. The summed E-state index contributed by atoms with van der Waals surface area (Å²) < 4.78 is 18.5. The summed E-state index contributed by atoms with van der Waals surface area (Å²) in [5, 5.41) is 13.5. The number of ether oxygens (including phenoxy) is 1. The number of nitro groups is 1. The Balaban J connectivity index is 2.23. The number of anilines is 1. The van der Waals surface area contributed by atoms with Gasteiger partial charge >= 0.3 is 0 Å². The summed E-state index contributed by atoms with van der Waals surface area (Å²) in [6.45, 7) is 0.992. The normalized spacial score (nSPS) is 18.6. The summed E-state index contributed by atoms with van der Waals surface area (Å²) >= 11 is 0. The lowest BCUT2D eigenvalue weighted by Crippen LogP contribution is -2.40. The SMILES string of the molecule is Nc1cc(C(=O)NC2CCCOC2)c([N+](=O)[O-])cc1F. The first-order valence-electron chi connectivity index (χ1n) is 6.11. The Morgan fingerprint density at radius 2 is 2.30 bits per heavy atom. The molecule has 7 nitrogen and oxygen atoms in total. The van der Waals surface area contributed by atoms with E-state index in [4.69, 9.17) is 10.5 Å². The summed E-state index contributed by atoms with van der Waals surface area (Å²) in [4.78, 5) is 22.1. The van der Waals surface area contributed by atoms with Gasteiger partial charge in [0, 0.05) is 6.61 Å². The number of amides is 1. The molecule has 0 saturated carbocycles. The summed E-state index contributed by atoms with van der Waals surface area (Å²) in [5.41, 5.74) is 4.20. The van der Waals surface area contributed by atoms with Gasteiger partial charge in [-0.3, -0.25) is 14.9 Å². The van der Waals surface area contributed by atoms with Crippen LogP contribution in [0.2, 0.25) is 0 Å². The zero-order chi connectivity index (χ0) is 14.7. The monoisotopic (exact) mass is 283 g/mol. The Morgan fingerprint density at radius 1 is 1.55 bits per heavy atom. The fourth-order valence-electron chi connectivity index (χ4n) is 2.03. The van der Waals surface area contributed by atoms with Gasteiger partial charge in [0.2, 0.25) is 0 Å². The molecule has 1 aliphatic heterocycles. The lowest BCUT2D eigenvalue weighted by Gasteiger charge is -2.23. The van der Waals surface area contributed by atoms with E-state index in [0.717, 1.165) is 18.9 Å². The predicted octanol–water partition coefficient (Wildman–Crippen LogP) is 1.22. The molecule has 1 heterocycles. The van der Waals surface area contributed by atoms with E-state index < -0.39 is 22.3 Å². The number of nitrogens with one attached hydrogen (secondary N) is 1. The minimum absolute atomic E-state index is 0.206. The van der Waals surface area contributed by atoms with Crippen molar-refractivity contribution in [1.82, 2.24) is 5.32 Å². The summed E-state index contributed by atoms with van der Waals surface area (Å²) in [5.74, 6) is -1.58. The van der Waals surface area contributed by atoms with Gasteiger partial charge in [0.05, 0.1) is 29.3 Å². The van der Waals surface area contributed by atoms with Crippen LogP contribution >= 0.6 is 0 Å². The number of hydrogen-bond acceptors (Lipinski definition) is 5. The van der Waals surface area contributed by atoms with E-state index in [1.54, 1.807) is 0 Å². The van der Waals surface area contributed by atoms with Gasteiger partial charge < -0.3 is 15.8 Å². The highest BCUT2D eigenvalue weighted by atomic mass is 19.1. The zero-order valence-corrected chi connectivity index (χ0v) is 10.6. The molecule has 1 fully saturated rings. The maximum Gasteiger partial charge on any atom is 0.285 e. The second-order valence-electron chi connectivity index (χ2n) is 4.54. The molecular weight excluding hydrogens is 269 g/mol. The molecule has 3 N–H and O–H groups in total.